The van der Waals surface area contributed by atoms with Gasteiger partial charge in [0.15, 0.2) is 5.78 Å². The van der Waals surface area contributed by atoms with Crippen LogP contribution in [0, 0.1) is 23.7 Å². The number of ketones is 1. The third-order valence-electron chi connectivity index (χ3n) is 20.7. The second kappa shape index (κ2) is 11.4. The van der Waals surface area contributed by atoms with Crippen molar-refractivity contribution in [2.24, 2.45) is 23.7 Å². The summed E-state index contributed by atoms with van der Waals surface area (Å²) in [4.78, 5) is 14.4. The molecule has 62 heavy (non-hydrogen) atoms. The minimum Gasteiger partial charge on any atom is -0.308 e. The average Bonchev–Trinajstić information content (AvgIpc) is 4.14. The Morgan fingerprint density at radius 2 is 1.08 bits per heavy atom. The molecule has 0 amide bonds. The maximum atomic E-state index is 14.4. The van der Waals surface area contributed by atoms with E-state index in [2.05, 4.69) is 90.2 Å². The van der Waals surface area contributed by atoms with Crippen molar-refractivity contribution in [3.8, 4) is 0 Å². The number of benzene rings is 5. The van der Waals surface area contributed by atoms with Gasteiger partial charge in [0, 0.05) is 54.6 Å². The molecule has 5 aromatic carbocycles. The predicted octanol–water partition coefficient (Wildman–Crippen LogP) is 15.8. The Labute approximate surface area is 363 Å². The van der Waals surface area contributed by atoms with Crippen molar-refractivity contribution in [1.29, 1.82) is 0 Å². The largest absolute Gasteiger partial charge is 0.308 e. The highest BCUT2D eigenvalue weighted by Gasteiger charge is 2.52. The summed E-state index contributed by atoms with van der Waals surface area (Å²) in [6, 6.07) is 26.0. The minimum atomic E-state index is 0.159. The molecule has 3 nitrogen and oxygen atoms in total. The lowest BCUT2D eigenvalue weighted by Crippen LogP contribution is -2.48. The van der Waals surface area contributed by atoms with Crippen LogP contribution < -0.4 is 0 Å². The van der Waals surface area contributed by atoms with Crippen molar-refractivity contribution in [2.75, 3.05) is 0 Å². The van der Waals surface area contributed by atoms with Gasteiger partial charge in [-0.3, -0.25) is 4.79 Å². The normalized spacial score (nSPS) is 30.1. The first-order valence-corrected chi connectivity index (χ1v) is 25.4. The van der Waals surface area contributed by atoms with Crippen LogP contribution in [0.5, 0.6) is 0 Å². The van der Waals surface area contributed by atoms with Crippen LogP contribution in [0.4, 0.5) is 0 Å². The molecule has 6 saturated carbocycles. The molecular weight excluding hydrogens is 753 g/mol. The first kappa shape index (κ1) is 34.8. The van der Waals surface area contributed by atoms with Gasteiger partial charge in [0.25, 0.3) is 0 Å². The lowest BCUT2D eigenvalue weighted by atomic mass is 9.48. The standard InChI is InChI=1S/C59H58N2O/c1-4-58(5-2,6-3)37-19-46-43-25-51-42(24-50(43)60-49-14-13-39-35-11-12-36(18-35)53(39)54(49)48(22-37)56(46)60)45-21-38(59-27-30-15-31(28-59)17-32(16-30)29-59)20-44-41-23-40-33-7-9-34(10-8-33)57(62)47(40)26-52(41)61(51)55(44)45/h13-14,19-26,30-36H,4-12,15-18,27-29H2,1-3H3. The van der Waals surface area contributed by atoms with Gasteiger partial charge >= 0.3 is 0 Å². The van der Waals surface area contributed by atoms with E-state index in [1.807, 2.05) is 0 Å². The molecule has 0 spiro atoms. The highest BCUT2D eigenvalue weighted by Crippen LogP contribution is 2.62. The summed E-state index contributed by atoms with van der Waals surface area (Å²) in [5.74, 6) is 5.26. The summed E-state index contributed by atoms with van der Waals surface area (Å²) in [5, 5.41) is 11.6. The van der Waals surface area contributed by atoms with E-state index in [9.17, 15) is 4.79 Å². The molecular formula is C59H58N2O. The lowest BCUT2D eigenvalue weighted by molar-refractivity contribution is -0.00508. The van der Waals surface area contributed by atoms with Gasteiger partial charge in [-0.25, -0.2) is 0 Å². The van der Waals surface area contributed by atoms with Gasteiger partial charge in [0.05, 0.1) is 33.1 Å². The van der Waals surface area contributed by atoms with Crippen LogP contribution in [0.15, 0.2) is 60.7 Å². The van der Waals surface area contributed by atoms with Crippen LogP contribution in [0.25, 0.3) is 76.2 Å². The number of aromatic nitrogens is 2. The molecule has 2 unspecified atom stereocenters. The van der Waals surface area contributed by atoms with Gasteiger partial charge in [-0.2, -0.15) is 0 Å². The van der Waals surface area contributed by atoms with Crippen LogP contribution in [0.2, 0.25) is 0 Å². The minimum absolute atomic E-state index is 0.159. The molecule has 4 heterocycles. The van der Waals surface area contributed by atoms with Gasteiger partial charge in [-0.15, -0.1) is 0 Å². The van der Waals surface area contributed by atoms with Crippen molar-refractivity contribution in [2.45, 2.75) is 152 Å². The van der Waals surface area contributed by atoms with Crippen molar-refractivity contribution in [3.05, 3.63) is 94.0 Å². The topological polar surface area (TPSA) is 25.9 Å². The van der Waals surface area contributed by atoms with Crippen LogP contribution in [0.1, 0.15) is 179 Å². The summed E-state index contributed by atoms with van der Waals surface area (Å²) in [6.45, 7) is 7.27. The Morgan fingerprint density at radius 3 is 1.76 bits per heavy atom. The van der Waals surface area contributed by atoms with Crippen LogP contribution in [0.3, 0.4) is 0 Å². The predicted molar refractivity (Wildman–Crippen MR) is 257 cm³/mol. The van der Waals surface area contributed by atoms with Crippen molar-refractivity contribution < 1.29 is 4.79 Å². The third-order valence-corrected chi connectivity index (χ3v) is 20.7. The molecule has 0 N–H and O–H groups in total. The maximum Gasteiger partial charge on any atom is 0.166 e. The molecule has 3 heteroatoms. The fourth-order valence-electron chi connectivity index (χ4n) is 18.0. The zero-order valence-electron chi connectivity index (χ0n) is 36.9. The first-order valence-electron chi connectivity index (χ1n) is 25.4. The number of carbonyl (C=O) groups is 1. The first-order chi connectivity index (χ1) is 30.4. The molecule has 0 saturated heterocycles. The number of Topliss-reactive ketones (excluding diaryl/α,β-unsaturated/α-hetero) is 1. The molecule has 2 atom stereocenters. The number of rotatable bonds is 5. The number of nitrogens with zero attached hydrogens (tertiary/aromatic N) is 2. The van der Waals surface area contributed by atoms with Crippen LogP contribution in [-0.2, 0) is 10.8 Å². The molecule has 9 aromatic rings. The number of hydrogen-bond donors (Lipinski definition) is 0. The van der Waals surface area contributed by atoms with E-state index in [0.717, 1.165) is 74.2 Å². The fraction of sp³-hybridized carbons (Fsp3) is 0.475. The summed E-state index contributed by atoms with van der Waals surface area (Å²) in [5.41, 5.74) is 17.6. The van der Waals surface area contributed by atoms with E-state index < -0.39 is 0 Å². The maximum absolute atomic E-state index is 14.4. The summed E-state index contributed by atoms with van der Waals surface area (Å²) < 4.78 is 5.36. The Balaban J connectivity index is 1.06. The van der Waals surface area contributed by atoms with Gasteiger partial charge in [-0.1, -0.05) is 26.8 Å². The smallest absolute Gasteiger partial charge is 0.166 e. The second-order valence-corrected chi connectivity index (χ2v) is 23.0. The Kier molecular flexibility index (Phi) is 6.37. The Hall–Kier alpha value is -4.63. The van der Waals surface area contributed by atoms with Gasteiger partial charge in [0.2, 0.25) is 0 Å². The summed E-state index contributed by atoms with van der Waals surface area (Å²) >= 11 is 0. The van der Waals surface area contributed by atoms with E-state index in [4.69, 9.17) is 0 Å². The molecule has 6 fully saturated rings. The quantitative estimate of drug-likeness (QED) is 0.170. The number of hydrogen-bond acceptors (Lipinski definition) is 1. The number of fused-ring (bicyclic) bond motifs is 20. The monoisotopic (exact) mass is 810 g/mol. The molecule has 0 radical (unpaired) electrons. The molecule has 310 valence electrons. The Morgan fingerprint density at radius 1 is 0.532 bits per heavy atom. The molecule has 9 aliphatic rings. The fourth-order valence-corrected chi connectivity index (χ4v) is 18.0. The highest BCUT2D eigenvalue weighted by molar-refractivity contribution is 6.30. The highest BCUT2D eigenvalue weighted by atomic mass is 16.1. The van der Waals surface area contributed by atoms with E-state index in [1.165, 1.54) is 140 Å². The SMILES string of the molecule is CCC(CC)(CC)c1cc2c3cc4c(cc3n3c5ccc6c(c5c(c1)c23)C1CCC6C1)c1cc(C23CC5CC(CC(C5)C2)C3)cc2c3cc5c(cc3n4c21)C(=O)C1CCC5CC1. The van der Waals surface area contributed by atoms with Gasteiger partial charge < -0.3 is 8.80 Å². The van der Waals surface area contributed by atoms with E-state index in [1.54, 1.807) is 22.1 Å². The summed E-state index contributed by atoms with van der Waals surface area (Å²) in [7, 11) is 0. The average molecular weight is 811 g/mol. The van der Waals surface area contributed by atoms with Crippen molar-refractivity contribution in [1.82, 2.24) is 8.80 Å². The van der Waals surface area contributed by atoms with Gasteiger partial charge in [-0.05, 0) is 231 Å². The zero-order valence-corrected chi connectivity index (χ0v) is 36.9. The molecule has 4 aromatic heterocycles. The third kappa shape index (κ3) is 3.96. The zero-order chi connectivity index (χ0) is 40.7. The van der Waals surface area contributed by atoms with Crippen LogP contribution in [-0.4, -0.2) is 14.6 Å². The Bertz CT molecular complexity index is 3440. The number of carbonyl (C=O) groups excluding carboxylic acids is 1. The van der Waals surface area contributed by atoms with Crippen molar-refractivity contribution >= 4 is 82.0 Å². The van der Waals surface area contributed by atoms with E-state index in [-0.39, 0.29) is 11.3 Å². The molecule has 0 aliphatic heterocycles. The van der Waals surface area contributed by atoms with Crippen molar-refractivity contribution in [3.63, 3.8) is 0 Å². The van der Waals surface area contributed by atoms with E-state index in [0.29, 0.717) is 23.0 Å². The lowest BCUT2D eigenvalue weighted by Gasteiger charge is -2.57. The molecule has 18 rings (SSSR count). The molecule has 9 aliphatic carbocycles. The van der Waals surface area contributed by atoms with Crippen LogP contribution >= 0.6 is 0 Å². The van der Waals surface area contributed by atoms with Gasteiger partial charge in [0.1, 0.15) is 0 Å². The molecule has 8 bridgehead atoms. The van der Waals surface area contributed by atoms with E-state index >= 15 is 0 Å². The summed E-state index contributed by atoms with van der Waals surface area (Å²) in [6.07, 6.45) is 20.5. The second-order valence-electron chi connectivity index (χ2n) is 23.0.